The van der Waals surface area contributed by atoms with Gasteiger partial charge >= 0.3 is 5.97 Å². The number of aromatic nitrogens is 3. The topological polar surface area (TPSA) is 68.0 Å². The van der Waals surface area contributed by atoms with Crippen molar-refractivity contribution in [2.75, 3.05) is 5.75 Å². The van der Waals surface area contributed by atoms with Crippen LogP contribution < -0.4 is 0 Å². The first-order chi connectivity index (χ1) is 9.75. The van der Waals surface area contributed by atoms with E-state index in [1.54, 1.807) is 0 Å². The molecule has 0 spiro atoms. The molecule has 5 nitrogen and oxygen atoms in total. The summed E-state index contributed by atoms with van der Waals surface area (Å²) in [4.78, 5) is 10.9. The van der Waals surface area contributed by atoms with Crippen LogP contribution in [0.3, 0.4) is 0 Å². The van der Waals surface area contributed by atoms with Crippen molar-refractivity contribution in [3.05, 3.63) is 5.82 Å². The Kier molecular flexibility index (Phi) is 3.35. The van der Waals surface area contributed by atoms with E-state index in [-0.39, 0.29) is 16.6 Å². The van der Waals surface area contributed by atoms with Gasteiger partial charge in [0.05, 0.1) is 5.75 Å². The lowest BCUT2D eigenvalue weighted by atomic mass is 9.68. The molecule has 116 valence electrons. The number of rotatable bonds is 4. The van der Waals surface area contributed by atoms with Crippen LogP contribution in [0.4, 0.5) is 0 Å². The Bertz CT molecular complexity index is 579. The summed E-state index contributed by atoms with van der Waals surface area (Å²) in [5.74, 6) is 0.859. The molecule has 0 aliphatic heterocycles. The predicted molar refractivity (Wildman–Crippen MR) is 81.4 cm³/mol. The highest BCUT2D eigenvalue weighted by atomic mass is 32.2. The molecule has 2 saturated carbocycles. The monoisotopic (exact) mass is 309 g/mol. The third-order valence-electron chi connectivity index (χ3n) is 5.61. The highest BCUT2D eigenvalue weighted by Gasteiger charge is 2.60. The minimum absolute atomic E-state index is 0.0332. The minimum atomic E-state index is -0.814. The number of carboxylic acid groups (broad SMARTS) is 1. The maximum Gasteiger partial charge on any atom is 0.313 e. The van der Waals surface area contributed by atoms with E-state index < -0.39 is 5.97 Å². The summed E-state index contributed by atoms with van der Waals surface area (Å²) in [6, 6.07) is 0.357. The van der Waals surface area contributed by atoms with Gasteiger partial charge in [-0.15, -0.1) is 10.2 Å². The normalized spacial score (nSPS) is 33.5. The Balaban J connectivity index is 2.00. The smallest absolute Gasteiger partial charge is 0.313 e. The van der Waals surface area contributed by atoms with Crippen LogP contribution in [0.2, 0.25) is 0 Å². The zero-order valence-corrected chi connectivity index (χ0v) is 13.9. The van der Waals surface area contributed by atoms with Crippen molar-refractivity contribution < 1.29 is 9.90 Å². The summed E-state index contributed by atoms with van der Waals surface area (Å²) < 4.78 is 2.22. The predicted octanol–water partition coefficient (Wildman–Crippen LogP) is 3.15. The molecule has 2 aliphatic carbocycles. The van der Waals surface area contributed by atoms with Crippen LogP contribution in [-0.2, 0) is 4.79 Å². The van der Waals surface area contributed by atoms with Crippen LogP contribution in [0.1, 0.15) is 51.9 Å². The third kappa shape index (κ3) is 2.18. The Hall–Kier alpha value is -1.04. The van der Waals surface area contributed by atoms with Crippen molar-refractivity contribution in [3.8, 4) is 0 Å². The number of hydrogen-bond donors (Lipinski definition) is 1. The fourth-order valence-corrected chi connectivity index (χ4v) is 5.52. The molecule has 21 heavy (non-hydrogen) atoms. The molecule has 2 aliphatic rings. The highest BCUT2D eigenvalue weighted by Crippen LogP contribution is 2.68. The number of nitrogens with zero attached hydrogens (tertiary/aromatic N) is 3. The van der Waals surface area contributed by atoms with Gasteiger partial charge < -0.3 is 9.67 Å². The van der Waals surface area contributed by atoms with Gasteiger partial charge in [-0.25, -0.2) is 0 Å². The van der Waals surface area contributed by atoms with E-state index in [2.05, 4.69) is 35.5 Å². The number of aryl methyl sites for hydroxylation is 1. The van der Waals surface area contributed by atoms with Crippen molar-refractivity contribution in [1.29, 1.82) is 0 Å². The van der Waals surface area contributed by atoms with Gasteiger partial charge in [0.2, 0.25) is 0 Å². The second-order valence-corrected chi connectivity index (χ2v) is 8.34. The summed E-state index contributed by atoms with van der Waals surface area (Å²) >= 11 is 1.28. The zero-order chi connectivity index (χ0) is 15.4. The fourth-order valence-electron chi connectivity index (χ4n) is 4.79. The first-order valence-electron chi connectivity index (χ1n) is 7.52. The summed E-state index contributed by atoms with van der Waals surface area (Å²) in [6.45, 7) is 9.04. The van der Waals surface area contributed by atoms with E-state index in [1.165, 1.54) is 31.0 Å². The van der Waals surface area contributed by atoms with Gasteiger partial charge in [0.15, 0.2) is 5.16 Å². The molecular weight excluding hydrogens is 286 g/mol. The SMILES string of the molecule is Cc1nnc(SCC(=O)O)n1C1C2(C)CCC(C2)C1(C)C. The van der Waals surface area contributed by atoms with Crippen LogP contribution in [0.25, 0.3) is 0 Å². The van der Waals surface area contributed by atoms with E-state index in [1.807, 2.05) is 6.92 Å². The molecule has 2 fully saturated rings. The summed E-state index contributed by atoms with van der Waals surface area (Å²) in [5.41, 5.74) is 0.485. The van der Waals surface area contributed by atoms with Gasteiger partial charge in [-0.2, -0.15) is 0 Å². The van der Waals surface area contributed by atoms with Gasteiger partial charge in [-0.1, -0.05) is 32.5 Å². The van der Waals surface area contributed by atoms with Crippen molar-refractivity contribution >= 4 is 17.7 Å². The summed E-state index contributed by atoms with van der Waals surface area (Å²) in [7, 11) is 0. The molecule has 0 saturated heterocycles. The van der Waals surface area contributed by atoms with Crippen LogP contribution in [0, 0.1) is 23.7 Å². The first-order valence-corrected chi connectivity index (χ1v) is 8.50. The Morgan fingerprint density at radius 2 is 2.14 bits per heavy atom. The highest BCUT2D eigenvalue weighted by molar-refractivity contribution is 7.99. The van der Waals surface area contributed by atoms with E-state index in [9.17, 15) is 4.79 Å². The van der Waals surface area contributed by atoms with E-state index in [0.29, 0.717) is 6.04 Å². The lowest BCUT2D eigenvalue weighted by Crippen LogP contribution is -2.38. The second-order valence-electron chi connectivity index (χ2n) is 7.40. The lowest BCUT2D eigenvalue weighted by molar-refractivity contribution is -0.133. The maximum absolute atomic E-state index is 10.9. The number of hydrogen-bond acceptors (Lipinski definition) is 4. The van der Waals surface area contributed by atoms with Gasteiger partial charge in [0, 0.05) is 6.04 Å². The molecule has 0 radical (unpaired) electrons. The average molecular weight is 309 g/mol. The minimum Gasteiger partial charge on any atom is -0.481 e. The number of fused-ring (bicyclic) bond motifs is 2. The van der Waals surface area contributed by atoms with Crippen molar-refractivity contribution in [1.82, 2.24) is 14.8 Å². The zero-order valence-electron chi connectivity index (χ0n) is 13.1. The van der Waals surface area contributed by atoms with Crippen molar-refractivity contribution in [2.24, 2.45) is 16.7 Å². The lowest BCUT2D eigenvalue weighted by Gasteiger charge is -2.44. The van der Waals surface area contributed by atoms with E-state index in [4.69, 9.17) is 5.11 Å². The molecule has 0 amide bonds. The molecule has 6 heteroatoms. The van der Waals surface area contributed by atoms with Gasteiger partial charge in [-0.3, -0.25) is 4.79 Å². The molecule has 1 aromatic rings. The first kappa shape index (κ1) is 14.9. The van der Waals surface area contributed by atoms with E-state index >= 15 is 0 Å². The summed E-state index contributed by atoms with van der Waals surface area (Å²) in [5, 5.41) is 18.1. The standard InChI is InChI=1S/C15H23N3O2S/c1-9-16-17-13(21-8-11(19)20)18(9)12-14(2,3)10-5-6-15(12,4)7-10/h10,12H,5-8H2,1-4H3,(H,19,20). The molecule has 0 aromatic carbocycles. The van der Waals surface area contributed by atoms with Gasteiger partial charge in [-0.05, 0) is 42.9 Å². The molecule has 1 heterocycles. The van der Waals surface area contributed by atoms with Gasteiger partial charge in [0.1, 0.15) is 5.82 Å². The Morgan fingerprint density at radius 3 is 2.71 bits per heavy atom. The largest absolute Gasteiger partial charge is 0.481 e. The molecule has 3 atom stereocenters. The second kappa shape index (κ2) is 4.73. The number of aliphatic carboxylic acids is 1. The molecule has 2 bridgehead atoms. The molecule has 3 rings (SSSR count). The number of carbonyl (C=O) groups is 1. The van der Waals surface area contributed by atoms with E-state index in [0.717, 1.165) is 16.9 Å². The number of thioether (sulfide) groups is 1. The molecule has 3 unspecified atom stereocenters. The van der Waals surface area contributed by atoms with Crippen LogP contribution in [0.5, 0.6) is 0 Å². The molecule has 1 N–H and O–H groups in total. The van der Waals surface area contributed by atoms with Crippen LogP contribution in [-0.4, -0.2) is 31.6 Å². The quantitative estimate of drug-likeness (QED) is 0.865. The molecule has 1 aromatic heterocycles. The van der Waals surface area contributed by atoms with Crippen molar-refractivity contribution in [3.63, 3.8) is 0 Å². The van der Waals surface area contributed by atoms with Crippen molar-refractivity contribution in [2.45, 2.75) is 58.2 Å². The number of carboxylic acids is 1. The third-order valence-corrected chi connectivity index (χ3v) is 6.54. The van der Waals surface area contributed by atoms with Gasteiger partial charge in [0.25, 0.3) is 0 Å². The Morgan fingerprint density at radius 1 is 1.43 bits per heavy atom. The summed E-state index contributed by atoms with van der Waals surface area (Å²) in [6.07, 6.45) is 3.80. The van der Waals surface area contributed by atoms with Crippen LogP contribution >= 0.6 is 11.8 Å². The molecular formula is C15H23N3O2S. The average Bonchev–Trinajstić information content (AvgIpc) is 2.98. The fraction of sp³-hybridized carbons (Fsp3) is 0.800. The maximum atomic E-state index is 10.9. The van der Waals surface area contributed by atoms with Crippen LogP contribution in [0.15, 0.2) is 5.16 Å². The Labute approximate surface area is 129 Å².